The summed E-state index contributed by atoms with van der Waals surface area (Å²) in [6.45, 7) is 2.09. The molecule has 0 N–H and O–H groups in total. The summed E-state index contributed by atoms with van der Waals surface area (Å²) in [5.74, 6) is -4.99. The molecule has 1 heterocycles. The van der Waals surface area contributed by atoms with Crippen LogP contribution in [-0.2, 0) is 12.5 Å². The summed E-state index contributed by atoms with van der Waals surface area (Å²) in [4.78, 5) is 7.29. The summed E-state index contributed by atoms with van der Waals surface area (Å²) < 4.78 is 76.0. The predicted octanol–water partition coefficient (Wildman–Crippen LogP) is 7.47. The van der Waals surface area contributed by atoms with Gasteiger partial charge in [-0.2, -0.15) is 8.78 Å². The van der Waals surface area contributed by atoms with E-state index in [2.05, 4.69) is 21.6 Å². The second kappa shape index (κ2) is 10.3. The Labute approximate surface area is 187 Å². The van der Waals surface area contributed by atoms with Crippen LogP contribution >= 0.6 is 11.6 Å². The largest absolute Gasteiger partial charge is 0.462 e. The highest BCUT2D eigenvalue weighted by Crippen LogP contribution is 2.35. The summed E-state index contributed by atoms with van der Waals surface area (Å²) in [5, 5.41) is -0.221. The Bertz CT molecular complexity index is 1050. The van der Waals surface area contributed by atoms with E-state index in [0.29, 0.717) is 24.1 Å². The zero-order valence-electron chi connectivity index (χ0n) is 17.1. The number of unbranched alkanes of at least 4 members (excludes halogenated alkanes) is 3. The Balaban J connectivity index is 1.76. The molecule has 0 amide bonds. The zero-order chi connectivity index (χ0) is 23.3. The first-order valence-corrected chi connectivity index (χ1v) is 10.4. The van der Waals surface area contributed by atoms with Crippen molar-refractivity contribution in [2.45, 2.75) is 45.1 Å². The number of hydrogen-bond donors (Lipinski definition) is 0. The van der Waals surface area contributed by atoms with E-state index >= 15 is 0 Å². The van der Waals surface area contributed by atoms with E-state index in [1.54, 1.807) is 0 Å². The van der Waals surface area contributed by atoms with Gasteiger partial charge in [-0.1, -0.05) is 43.9 Å². The first kappa shape index (κ1) is 23.9. The van der Waals surface area contributed by atoms with Crippen molar-refractivity contribution >= 4 is 11.6 Å². The molecule has 3 rings (SSSR count). The Kier molecular flexibility index (Phi) is 7.66. The van der Waals surface area contributed by atoms with Gasteiger partial charge in [0.15, 0.2) is 0 Å². The minimum Gasteiger partial charge on any atom is -0.426 e. The predicted molar refractivity (Wildman–Crippen MR) is 111 cm³/mol. The highest BCUT2D eigenvalue weighted by atomic mass is 35.5. The number of ether oxygens (including phenoxy) is 1. The molecule has 0 aliphatic rings. The fourth-order valence-electron chi connectivity index (χ4n) is 3.12. The topological polar surface area (TPSA) is 35.0 Å². The number of aryl methyl sites for hydroxylation is 1. The lowest BCUT2D eigenvalue weighted by Crippen LogP contribution is -2.25. The third-order valence-corrected chi connectivity index (χ3v) is 5.06. The second-order valence-electron chi connectivity index (χ2n) is 7.24. The van der Waals surface area contributed by atoms with Crippen molar-refractivity contribution in [2.75, 3.05) is 0 Å². The van der Waals surface area contributed by atoms with Gasteiger partial charge in [-0.25, -0.2) is 23.1 Å². The Hall–Kier alpha value is -2.74. The molecular formula is C23H20ClF5N2O. The van der Waals surface area contributed by atoms with E-state index in [-0.39, 0.29) is 10.6 Å². The van der Waals surface area contributed by atoms with Crippen molar-refractivity contribution in [2.24, 2.45) is 0 Å². The maximum atomic E-state index is 14.5. The van der Waals surface area contributed by atoms with Crippen molar-refractivity contribution in [3.05, 3.63) is 76.6 Å². The lowest BCUT2D eigenvalue weighted by molar-refractivity contribution is -0.192. The number of nitrogens with zero attached hydrogens (tertiary/aromatic N) is 2. The maximum absolute atomic E-state index is 14.5. The van der Waals surface area contributed by atoms with Crippen LogP contribution in [0.15, 0.2) is 42.7 Å². The molecule has 0 spiro atoms. The molecule has 3 aromatic rings. The maximum Gasteiger partial charge on any atom is 0.462 e. The second-order valence-corrected chi connectivity index (χ2v) is 7.64. The van der Waals surface area contributed by atoms with Crippen molar-refractivity contribution in [3.8, 4) is 16.9 Å². The van der Waals surface area contributed by atoms with Crippen molar-refractivity contribution in [1.29, 1.82) is 0 Å². The molecule has 0 saturated carbocycles. The molecular weight excluding hydrogens is 451 g/mol. The van der Waals surface area contributed by atoms with Gasteiger partial charge in [0, 0.05) is 24.5 Å². The van der Waals surface area contributed by atoms with Gasteiger partial charge in [-0.15, -0.1) is 0 Å². The van der Waals surface area contributed by atoms with Crippen LogP contribution in [0.1, 0.15) is 44.0 Å². The van der Waals surface area contributed by atoms with E-state index in [1.807, 2.05) is 0 Å². The molecule has 0 aliphatic heterocycles. The van der Waals surface area contributed by atoms with Gasteiger partial charge in [0.2, 0.25) is 5.82 Å². The van der Waals surface area contributed by atoms with E-state index in [0.717, 1.165) is 37.8 Å². The van der Waals surface area contributed by atoms with Crippen LogP contribution in [0.2, 0.25) is 5.02 Å². The molecule has 0 aliphatic carbocycles. The number of halogens is 6. The number of hydrogen-bond acceptors (Lipinski definition) is 3. The zero-order valence-corrected chi connectivity index (χ0v) is 17.9. The Morgan fingerprint density at radius 1 is 0.906 bits per heavy atom. The molecule has 0 fully saturated rings. The van der Waals surface area contributed by atoms with Gasteiger partial charge in [-0.3, -0.25) is 0 Å². The van der Waals surface area contributed by atoms with E-state index < -0.39 is 40.7 Å². The molecule has 1 aromatic heterocycles. The number of aromatic nitrogens is 2. The molecule has 0 atom stereocenters. The van der Waals surface area contributed by atoms with Crippen LogP contribution in [0.5, 0.6) is 5.75 Å². The van der Waals surface area contributed by atoms with Gasteiger partial charge in [0.1, 0.15) is 23.2 Å². The van der Waals surface area contributed by atoms with Gasteiger partial charge < -0.3 is 4.74 Å². The van der Waals surface area contributed by atoms with Crippen molar-refractivity contribution < 1.29 is 26.7 Å². The molecule has 32 heavy (non-hydrogen) atoms. The van der Waals surface area contributed by atoms with E-state index in [4.69, 9.17) is 11.6 Å². The lowest BCUT2D eigenvalue weighted by Gasteiger charge is -2.17. The minimum absolute atomic E-state index is 0.141. The van der Waals surface area contributed by atoms with Crippen LogP contribution in [0.4, 0.5) is 22.0 Å². The third-order valence-electron chi connectivity index (χ3n) is 4.75. The van der Waals surface area contributed by atoms with Crippen LogP contribution in [-0.4, -0.2) is 9.97 Å². The first-order chi connectivity index (χ1) is 15.2. The lowest BCUT2D eigenvalue weighted by atomic mass is 10.0. The molecule has 0 bridgehead atoms. The van der Waals surface area contributed by atoms with E-state index in [9.17, 15) is 22.0 Å². The minimum atomic E-state index is -4.02. The van der Waals surface area contributed by atoms with Crippen LogP contribution < -0.4 is 4.74 Å². The summed E-state index contributed by atoms with van der Waals surface area (Å²) in [6.07, 6.45) is 3.29. The van der Waals surface area contributed by atoms with Gasteiger partial charge >= 0.3 is 6.11 Å². The fourth-order valence-corrected chi connectivity index (χ4v) is 3.24. The SMILES string of the molecule is CCCCCCc1cnc(C(F)(F)Oc2cc(F)c(-c3ccc(Cl)c(F)c3)c(F)c2)nc1. The smallest absolute Gasteiger partial charge is 0.426 e. The molecule has 9 heteroatoms. The number of benzene rings is 2. The Morgan fingerprint density at radius 3 is 2.16 bits per heavy atom. The quantitative estimate of drug-likeness (QED) is 0.240. The van der Waals surface area contributed by atoms with Crippen LogP contribution in [0.3, 0.4) is 0 Å². The average Bonchev–Trinajstić information content (AvgIpc) is 2.73. The highest BCUT2D eigenvalue weighted by molar-refractivity contribution is 6.30. The normalized spacial score (nSPS) is 11.6. The van der Waals surface area contributed by atoms with Crippen LogP contribution in [0, 0.1) is 17.5 Å². The molecule has 0 unspecified atom stereocenters. The Morgan fingerprint density at radius 2 is 1.56 bits per heavy atom. The molecule has 2 aromatic carbocycles. The third kappa shape index (κ3) is 5.73. The monoisotopic (exact) mass is 470 g/mol. The summed E-state index contributed by atoms with van der Waals surface area (Å²) in [6, 6.07) is 4.35. The fraction of sp³-hybridized carbons (Fsp3) is 0.304. The highest BCUT2D eigenvalue weighted by Gasteiger charge is 2.39. The summed E-state index contributed by atoms with van der Waals surface area (Å²) in [5.41, 5.74) is -0.0322. The van der Waals surface area contributed by atoms with Crippen molar-refractivity contribution in [1.82, 2.24) is 9.97 Å². The van der Waals surface area contributed by atoms with Crippen molar-refractivity contribution in [3.63, 3.8) is 0 Å². The molecule has 170 valence electrons. The number of alkyl halides is 2. The number of rotatable bonds is 9. The van der Waals surface area contributed by atoms with Gasteiger partial charge in [0.05, 0.1) is 10.6 Å². The van der Waals surface area contributed by atoms with E-state index in [1.165, 1.54) is 18.5 Å². The summed E-state index contributed by atoms with van der Waals surface area (Å²) in [7, 11) is 0. The first-order valence-electron chi connectivity index (χ1n) is 10.0. The van der Waals surface area contributed by atoms with Crippen LogP contribution in [0.25, 0.3) is 11.1 Å². The van der Waals surface area contributed by atoms with Gasteiger partial charge in [0.25, 0.3) is 0 Å². The molecule has 0 saturated heterocycles. The average molecular weight is 471 g/mol. The summed E-state index contributed by atoms with van der Waals surface area (Å²) >= 11 is 5.57. The standard InChI is InChI=1S/C23H20ClF5N2O/c1-2-3-4-5-6-14-12-30-22(31-13-14)23(28,29)32-16-10-19(26)21(20(27)11-16)15-7-8-17(24)18(25)9-15/h7-13H,2-6H2,1H3. The van der Waals surface area contributed by atoms with Gasteiger partial charge in [-0.05, 0) is 36.1 Å². The molecule has 0 radical (unpaired) electrons. The molecule has 3 nitrogen and oxygen atoms in total.